The van der Waals surface area contributed by atoms with Crippen LogP contribution in [-0.4, -0.2) is 36.5 Å². The zero-order valence-electron chi connectivity index (χ0n) is 11.5. The van der Waals surface area contributed by atoms with E-state index < -0.39 is 10.0 Å². The fourth-order valence-corrected chi connectivity index (χ4v) is 5.35. The highest BCUT2D eigenvalue weighted by Crippen LogP contribution is 2.38. The van der Waals surface area contributed by atoms with Crippen molar-refractivity contribution in [1.29, 1.82) is 0 Å². The molecule has 1 aromatic rings. The van der Waals surface area contributed by atoms with Crippen LogP contribution >= 0.6 is 0 Å². The number of piperidine rings is 1. The van der Waals surface area contributed by atoms with Gasteiger partial charge in [-0.1, -0.05) is 31.0 Å². The lowest BCUT2D eigenvalue weighted by molar-refractivity contribution is -0.00299. The van der Waals surface area contributed by atoms with Gasteiger partial charge < -0.3 is 5.11 Å². The minimum atomic E-state index is -3.43. The molecule has 1 aromatic carbocycles. The van der Waals surface area contributed by atoms with Gasteiger partial charge in [-0.25, -0.2) is 8.42 Å². The normalized spacial score (nSPS) is 31.8. The largest absolute Gasteiger partial charge is 0.393 e. The van der Waals surface area contributed by atoms with E-state index in [2.05, 4.69) is 0 Å². The maximum atomic E-state index is 12.8. The maximum Gasteiger partial charge on any atom is 0.243 e. The molecule has 3 rings (SSSR count). The highest BCUT2D eigenvalue weighted by molar-refractivity contribution is 7.89. The van der Waals surface area contributed by atoms with Crippen LogP contribution in [-0.2, 0) is 10.0 Å². The summed E-state index contributed by atoms with van der Waals surface area (Å²) in [4.78, 5) is 0.362. The third kappa shape index (κ3) is 2.38. The lowest BCUT2D eigenvalue weighted by atomic mass is 9.78. The topological polar surface area (TPSA) is 57.6 Å². The summed E-state index contributed by atoms with van der Waals surface area (Å²) < 4.78 is 27.2. The van der Waals surface area contributed by atoms with Crippen LogP contribution in [0.25, 0.3) is 0 Å². The van der Waals surface area contributed by atoms with Crippen LogP contribution < -0.4 is 0 Å². The van der Waals surface area contributed by atoms with Crippen LogP contribution in [0.5, 0.6) is 0 Å². The zero-order chi connectivity index (χ0) is 14.2. The van der Waals surface area contributed by atoms with E-state index in [1.165, 1.54) is 0 Å². The number of nitrogens with zero attached hydrogens (tertiary/aromatic N) is 1. The van der Waals surface area contributed by atoms with E-state index in [4.69, 9.17) is 0 Å². The number of hydrogen-bond acceptors (Lipinski definition) is 3. The van der Waals surface area contributed by atoms with Crippen molar-refractivity contribution < 1.29 is 13.5 Å². The van der Waals surface area contributed by atoms with Crippen molar-refractivity contribution in [2.24, 2.45) is 5.92 Å². The SMILES string of the molecule is O=S(=O)(c1ccccc1)N1CC[C@@H](O)[C@H]2CCCC[C@@H]21. The number of fused-ring (bicyclic) bond motifs is 1. The second-order valence-corrected chi connectivity index (χ2v) is 7.69. The van der Waals surface area contributed by atoms with Gasteiger partial charge in [-0.2, -0.15) is 4.31 Å². The van der Waals surface area contributed by atoms with Crippen molar-refractivity contribution in [2.45, 2.75) is 49.1 Å². The van der Waals surface area contributed by atoms with Gasteiger partial charge in [0.15, 0.2) is 0 Å². The molecule has 110 valence electrons. The van der Waals surface area contributed by atoms with Gasteiger partial charge in [-0.3, -0.25) is 0 Å². The minimum absolute atomic E-state index is 0.0299. The number of hydrogen-bond donors (Lipinski definition) is 1. The van der Waals surface area contributed by atoms with Crippen molar-refractivity contribution in [3.8, 4) is 0 Å². The Balaban J connectivity index is 1.93. The van der Waals surface area contributed by atoms with Gasteiger partial charge in [0.2, 0.25) is 10.0 Å². The average Bonchev–Trinajstić information content (AvgIpc) is 2.48. The number of sulfonamides is 1. The van der Waals surface area contributed by atoms with Crippen molar-refractivity contribution in [2.75, 3.05) is 6.54 Å². The van der Waals surface area contributed by atoms with Gasteiger partial charge in [0.05, 0.1) is 11.0 Å². The molecule has 2 fully saturated rings. The van der Waals surface area contributed by atoms with Gasteiger partial charge in [-0.05, 0) is 31.4 Å². The molecule has 0 radical (unpaired) electrons. The van der Waals surface area contributed by atoms with Gasteiger partial charge in [0.1, 0.15) is 0 Å². The summed E-state index contributed by atoms with van der Waals surface area (Å²) in [7, 11) is -3.43. The van der Waals surface area contributed by atoms with Crippen molar-refractivity contribution in [3.05, 3.63) is 30.3 Å². The summed E-state index contributed by atoms with van der Waals surface area (Å²) in [6.45, 7) is 0.430. The van der Waals surface area contributed by atoms with E-state index in [1.807, 2.05) is 6.07 Å². The van der Waals surface area contributed by atoms with E-state index in [0.29, 0.717) is 17.9 Å². The lowest BCUT2D eigenvalue weighted by Gasteiger charge is -2.45. The van der Waals surface area contributed by atoms with Crippen molar-refractivity contribution in [3.63, 3.8) is 0 Å². The molecule has 0 unspecified atom stereocenters. The van der Waals surface area contributed by atoms with E-state index in [0.717, 1.165) is 25.7 Å². The minimum Gasteiger partial charge on any atom is -0.393 e. The standard InChI is InChI=1S/C15H21NO3S/c17-15-10-11-16(14-9-5-4-8-13(14)15)20(18,19)12-6-2-1-3-7-12/h1-3,6-7,13-15,17H,4-5,8-11H2/t13-,14-,15+/m0/s1. The Bertz CT molecular complexity index is 558. The van der Waals surface area contributed by atoms with Gasteiger partial charge in [0, 0.05) is 18.5 Å². The fourth-order valence-electron chi connectivity index (χ4n) is 3.61. The van der Waals surface area contributed by atoms with Crippen LogP contribution in [0.2, 0.25) is 0 Å². The Morgan fingerprint density at radius 3 is 2.50 bits per heavy atom. The van der Waals surface area contributed by atoms with Crippen LogP contribution in [0.3, 0.4) is 0 Å². The average molecular weight is 295 g/mol. The molecule has 1 heterocycles. The van der Waals surface area contributed by atoms with Gasteiger partial charge in [-0.15, -0.1) is 0 Å². The Morgan fingerprint density at radius 1 is 1.05 bits per heavy atom. The van der Waals surface area contributed by atoms with E-state index in [9.17, 15) is 13.5 Å². The molecule has 1 aliphatic heterocycles. The van der Waals surface area contributed by atoms with Crippen LogP contribution in [0.15, 0.2) is 35.2 Å². The maximum absolute atomic E-state index is 12.8. The predicted molar refractivity (Wildman–Crippen MR) is 76.7 cm³/mol. The molecule has 0 amide bonds. The zero-order valence-corrected chi connectivity index (χ0v) is 12.3. The Hall–Kier alpha value is -0.910. The summed E-state index contributed by atoms with van der Waals surface area (Å²) >= 11 is 0. The molecule has 0 aromatic heterocycles. The highest BCUT2D eigenvalue weighted by Gasteiger charge is 2.43. The first-order valence-electron chi connectivity index (χ1n) is 7.35. The van der Waals surface area contributed by atoms with Gasteiger partial charge in [0.25, 0.3) is 0 Å². The van der Waals surface area contributed by atoms with Crippen LogP contribution in [0.1, 0.15) is 32.1 Å². The molecule has 2 aliphatic rings. The first kappa shape index (κ1) is 14.0. The molecule has 0 bridgehead atoms. The molecule has 0 spiro atoms. The quantitative estimate of drug-likeness (QED) is 0.908. The van der Waals surface area contributed by atoms with Crippen molar-refractivity contribution >= 4 is 10.0 Å². The molecular formula is C15H21NO3S. The third-order valence-electron chi connectivity index (χ3n) is 4.64. The van der Waals surface area contributed by atoms with Crippen LogP contribution in [0.4, 0.5) is 0 Å². The molecular weight excluding hydrogens is 274 g/mol. The number of aliphatic hydroxyl groups is 1. The van der Waals surface area contributed by atoms with E-state index in [-0.39, 0.29) is 18.1 Å². The summed E-state index contributed by atoms with van der Waals surface area (Å²) in [6, 6.07) is 8.60. The number of aliphatic hydroxyl groups excluding tert-OH is 1. The lowest BCUT2D eigenvalue weighted by Crippen LogP contribution is -2.54. The molecule has 1 N–H and O–H groups in total. The van der Waals surface area contributed by atoms with Crippen molar-refractivity contribution in [1.82, 2.24) is 4.31 Å². The molecule has 1 saturated carbocycles. The second kappa shape index (κ2) is 5.47. The first-order chi connectivity index (χ1) is 9.60. The molecule has 1 saturated heterocycles. The Labute approximate surface area is 120 Å². The number of rotatable bonds is 2. The molecule has 3 atom stereocenters. The summed E-state index contributed by atoms with van der Waals surface area (Å²) in [5, 5.41) is 10.1. The smallest absolute Gasteiger partial charge is 0.243 e. The predicted octanol–water partition coefficient (Wildman–Crippen LogP) is 2.00. The Morgan fingerprint density at radius 2 is 1.75 bits per heavy atom. The van der Waals surface area contributed by atoms with Gasteiger partial charge >= 0.3 is 0 Å². The number of benzene rings is 1. The fraction of sp³-hybridized carbons (Fsp3) is 0.600. The monoisotopic (exact) mass is 295 g/mol. The summed E-state index contributed by atoms with van der Waals surface area (Å²) in [5.41, 5.74) is 0. The van der Waals surface area contributed by atoms with E-state index >= 15 is 0 Å². The molecule has 20 heavy (non-hydrogen) atoms. The third-order valence-corrected chi connectivity index (χ3v) is 6.58. The molecule has 1 aliphatic carbocycles. The van der Waals surface area contributed by atoms with Crippen LogP contribution in [0, 0.1) is 5.92 Å². The second-order valence-electron chi connectivity index (χ2n) is 5.80. The molecule has 4 nitrogen and oxygen atoms in total. The Kier molecular flexibility index (Phi) is 3.84. The highest BCUT2D eigenvalue weighted by atomic mass is 32.2. The summed E-state index contributed by atoms with van der Waals surface area (Å²) in [6.07, 6.45) is 4.15. The summed E-state index contributed by atoms with van der Waals surface area (Å²) in [5.74, 6) is 0.107. The molecule has 5 heteroatoms. The van der Waals surface area contributed by atoms with E-state index in [1.54, 1.807) is 28.6 Å². The first-order valence-corrected chi connectivity index (χ1v) is 8.79.